The van der Waals surface area contributed by atoms with E-state index in [1.54, 1.807) is 30.0 Å². The van der Waals surface area contributed by atoms with Gasteiger partial charge >= 0.3 is 0 Å². The molecule has 0 bridgehead atoms. The van der Waals surface area contributed by atoms with Gasteiger partial charge in [-0.3, -0.25) is 14.5 Å². The van der Waals surface area contributed by atoms with Crippen LogP contribution < -0.4 is 15.4 Å². The highest BCUT2D eigenvalue weighted by atomic mass is 32.2. The van der Waals surface area contributed by atoms with E-state index < -0.39 is 6.04 Å². The third-order valence-electron chi connectivity index (χ3n) is 5.40. The minimum absolute atomic E-state index is 0.140. The number of ether oxygens (including phenoxy) is 2. The van der Waals surface area contributed by atoms with Gasteiger partial charge in [0.2, 0.25) is 5.91 Å². The monoisotopic (exact) mass is 451 g/mol. The van der Waals surface area contributed by atoms with Crippen molar-refractivity contribution in [2.75, 3.05) is 52.0 Å². The van der Waals surface area contributed by atoms with E-state index >= 15 is 0 Å². The van der Waals surface area contributed by atoms with E-state index in [1.807, 2.05) is 12.3 Å². The Balaban J connectivity index is 2.02. The van der Waals surface area contributed by atoms with Crippen LogP contribution in [-0.4, -0.2) is 80.8 Å². The highest BCUT2D eigenvalue weighted by Crippen LogP contribution is 2.18. The Morgan fingerprint density at radius 1 is 1.23 bits per heavy atom. The molecule has 0 saturated carbocycles. The van der Waals surface area contributed by atoms with Gasteiger partial charge in [-0.2, -0.15) is 11.8 Å². The second-order valence-corrected chi connectivity index (χ2v) is 9.17. The minimum atomic E-state index is -0.589. The van der Waals surface area contributed by atoms with Gasteiger partial charge in [0.05, 0.1) is 25.9 Å². The molecular weight excluding hydrogens is 414 g/mol. The van der Waals surface area contributed by atoms with Gasteiger partial charge in [-0.1, -0.05) is 26.0 Å². The van der Waals surface area contributed by atoms with Crippen molar-refractivity contribution < 1.29 is 19.1 Å². The van der Waals surface area contributed by atoms with Gasteiger partial charge in [-0.15, -0.1) is 0 Å². The van der Waals surface area contributed by atoms with Crippen molar-refractivity contribution in [3.8, 4) is 5.75 Å². The molecule has 2 atom stereocenters. The number of hydrogen-bond donors (Lipinski definition) is 2. The Bertz CT molecular complexity index is 695. The maximum Gasteiger partial charge on any atom is 0.255 e. The summed E-state index contributed by atoms with van der Waals surface area (Å²) in [5.41, 5.74) is 0.429. The van der Waals surface area contributed by atoms with Crippen molar-refractivity contribution >= 4 is 23.6 Å². The number of morpholine rings is 1. The molecule has 1 heterocycles. The number of nitrogens with zero attached hydrogens (tertiary/aromatic N) is 1. The van der Waals surface area contributed by atoms with Crippen LogP contribution in [-0.2, 0) is 9.53 Å². The number of para-hydroxylation sites is 1. The van der Waals surface area contributed by atoms with Gasteiger partial charge in [0.25, 0.3) is 5.91 Å². The number of methoxy groups -OCH3 is 1. The molecule has 1 aliphatic rings. The number of nitrogens with one attached hydrogen (secondary N) is 2. The van der Waals surface area contributed by atoms with Gasteiger partial charge in [0.1, 0.15) is 11.8 Å². The molecule has 7 nitrogen and oxygen atoms in total. The molecule has 0 spiro atoms. The number of carbonyl (C=O) groups excluding carboxylic acids is 2. The van der Waals surface area contributed by atoms with Crippen molar-refractivity contribution in [2.24, 2.45) is 5.92 Å². The van der Waals surface area contributed by atoms with Crippen LogP contribution in [0.25, 0.3) is 0 Å². The lowest BCUT2D eigenvalue weighted by molar-refractivity contribution is -0.123. The summed E-state index contributed by atoms with van der Waals surface area (Å²) in [6.07, 6.45) is 3.57. The SMILES string of the molecule is COc1ccccc1C(=O)NC(CCSC)C(=O)NCC(CC(C)C)N1CCOCC1. The van der Waals surface area contributed by atoms with Gasteiger partial charge in [-0.05, 0) is 42.9 Å². The number of thioether (sulfide) groups is 1. The Morgan fingerprint density at radius 2 is 1.94 bits per heavy atom. The van der Waals surface area contributed by atoms with E-state index in [-0.39, 0.29) is 17.9 Å². The maximum absolute atomic E-state index is 13.0. The van der Waals surface area contributed by atoms with E-state index in [2.05, 4.69) is 29.4 Å². The molecular formula is C23H37N3O4S. The Morgan fingerprint density at radius 3 is 2.58 bits per heavy atom. The number of benzene rings is 1. The lowest BCUT2D eigenvalue weighted by atomic mass is 10.0. The largest absolute Gasteiger partial charge is 0.496 e. The summed E-state index contributed by atoms with van der Waals surface area (Å²) in [7, 11) is 1.53. The van der Waals surface area contributed by atoms with Crippen LogP contribution in [0.15, 0.2) is 24.3 Å². The minimum Gasteiger partial charge on any atom is -0.496 e. The van der Waals surface area contributed by atoms with Crippen LogP contribution in [0.5, 0.6) is 5.75 Å². The summed E-state index contributed by atoms with van der Waals surface area (Å²) in [6.45, 7) is 8.19. The molecule has 1 aliphatic heterocycles. The second-order valence-electron chi connectivity index (χ2n) is 8.18. The van der Waals surface area contributed by atoms with Crippen molar-refractivity contribution in [1.82, 2.24) is 15.5 Å². The summed E-state index contributed by atoms with van der Waals surface area (Å²) < 4.78 is 10.8. The topological polar surface area (TPSA) is 79.9 Å². The van der Waals surface area contributed by atoms with Crippen LogP contribution >= 0.6 is 11.8 Å². The van der Waals surface area contributed by atoms with Crippen molar-refractivity contribution in [2.45, 2.75) is 38.8 Å². The molecule has 174 valence electrons. The zero-order valence-corrected chi connectivity index (χ0v) is 20.0. The van der Waals surface area contributed by atoms with Crippen LogP contribution in [0.1, 0.15) is 37.0 Å². The smallest absolute Gasteiger partial charge is 0.255 e. The summed E-state index contributed by atoms with van der Waals surface area (Å²) in [5.74, 6) is 1.36. The molecule has 2 rings (SSSR count). The highest BCUT2D eigenvalue weighted by Gasteiger charge is 2.26. The molecule has 0 aliphatic carbocycles. The average molecular weight is 452 g/mol. The maximum atomic E-state index is 13.0. The first-order chi connectivity index (χ1) is 15.0. The number of hydrogen-bond acceptors (Lipinski definition) is 6. The molecule has 2 amide bonds. The predicted molar refractivity (Wildman–Crippen MR) is 126 cm³/mol. The van der Waals surface area contributed by atoms with Gasteiger partial charge < -0.3 is 20.1 Å². The standard InChI is InChI=1S/C23H37N3O4S/c1-17(2)15-18(26-10-12-30-13-11-26)16-24-23(28)20(9-14-31-4)25-22(27)19-7-5-6-8-21(19)29-3/h5-8,17-18,20H,9-16H2,1-4H3,(H,24,28)(H,25,27). The molecule has 1 saturated heterocycles. The molecule has 2 unspecified atom stereocenters. The van der Waals surface area contributed by atoms with Crippen LogP contribution in [0.3, 0.4) is 0 Å². The fourth-order valence-electron chi connectivity index (χ4n) is 3.76. The fourth-order valence-corrected chi connectivity index (χ4v) is 4.23. The van der Waals surface area contributed by atoms with Crippen molar-refractivity contribution in [3.05, 3.63) is 29.8 Å². The normalized spacial score (nSPS) is 16.5. The van der Waals surface area contributed by atoms with Gasteiger partial charge in [-0.25, -0.2) is 0 Å². The zero-order valence-electron chi connectivity index (χ0n) is 19.2. The molecule has 1 aromatic carbocycles. The van der Waals surface area contributed by atoms with Crippen LogP contribution in [0, 0.1) is 5.92 Å². The molecule has 8 heteroatoms. The summed E-state index contributed by atoms with van der Waals surface area (Å²) in [6, 6.07) is 6.72. The third kappa shape index (κ3) is 8.35. The van der Waals surface area contributed by atoms with Gasteiger partial charge in [0.15, 0.2) is 0 Å². The first-order valence-electron chi connectivity index (χ1n) is 11.0. The Hall–Kier alpha value is -1.77. The number of carbonyl (C=O) groups is 2. The van der Waals surface area contributed by atoms with Crippen LogP contribution in [0.4, 0.5) is 0 Å². The first-order valence-corrected chi connectivity index (χ1v) is 12.4. The second kappa shape index (κ2) is 13.6. The van der Waals surface area contributed by atoms with E-state index in [0.717, 1.165) is 38.5 Å². The van der Waals surface area contributed by atoms with Crippen molar-refractivity contribution in [1.29, 1.82) is 0 Å². The summed E-state index contributed by atoms with van der Waals surface area (Å²) in [4.78, 5) is 28.3. The molecule has 1 aromatic rings. The molecule has 1 fully saturated rings. The van der Waals surface area contributed by atoms with E-state index in [9.17, 15) is 9.59 Å². The first kappa shape index (κ1) is 25.5. The predicted octanol–water partition coefficient (Wildman–Crippen LogP) is 2.41. The number of amides is 2. The molecule has 0 aromatic heterocycles. The van der Waals surface area contributed by atoms with E-state index in [4.69, 9.17) is 9.47 Å². The third-order valence-corrected chi connectivity index (χ3v) is 6.05. The lowest BCUT2D eigenvalue weighted by Crippen LogP contribution is -2.53. The highest BCUT2D eigenvalue weighted by molar-refractivity contribution is 7.98. The molecule has 0 radical (unpaired) electrons. The summed E-state index contributed by atoms with van der Waals surface area (Å²) >= 11 is 1.66. The molecule has 31 heavy (non-hydrogen) atoms. The van der Waals surface area contributed by atoms with E-state index in [0.29, 0.717) is 30.2 Å². The van der Waals surface area contributed by atoms with Crippen molar-refractivity contribution in [3.63, 3.8) is 0 Å². The molecule has 2 N–H and O–H groups in total. The fraction of sp³-hybridized carbons (Fsp3) is 0.652. The van der Waals surface area contributed by atoms with Gasteiger partial charge in [0, 0.05) is 25.7 Å². The number of rotatable bonds is 12. The van der Waals surface area contributed by atoms with Crippen LogP contribution in [0.2, 0.25) is 0 Å². The Kier molecular flexibility index (Phi) is 11.2. The lowest BCUT2D eigenvalue weighted by Gasteiger charge is -2.35. The zero-order chi connectivity index (χ0) is 22.6. The summed E-state index contributed by atoms with van der Waals surface area (Å²) in [5, 5.41) is 6.01. The average Bonchev–Trinajstić information content (AvgIpc) is 2.79. The van der Waals surface area contributed by atoms with E-state index in [1.165, 1.54) is 7.11 Å². The quantitative estimate of drug-likeness (QED) is 0.508. The Labute approximate surface area is 190 Å².